The summed E-state index contributed by atoms with van der Waals surface area (Å²) in [7, 11) is 2.02. The molecule has 0 aliphatic carbocycles. The van der Waals surface area contributed by atoms with E-state index in [0.29, 0.717) is 12.1 Å². The summed E-state index contributed by atoms with van der Waals surface area (Å²) in [4.78, 5) is 2.53. The predicted octanol–water partition coefficient (Wildman–Crippen LogP) is 1.22. The second-order valence-electron chi connectivity index (χ2n) is 5.44. The molecule has 0 radical (unpaired) electrons. The van der Waals surface area contributed by atoms with Crippen LogP contribution in [0.5, 0.6) is 0 Å². The van der Waals surface area contributed by atoms with E-state index in [-0.39, 0.29) is 0 Å². The first-order valence-electron chi connectivity index (χ1n) is 6.45. The molecule has 17 heavy (non-hydrogen) atoms. The quantitative estimate of drug-likeness (QED) is 0.838. The predicted molar refractivity (Wildman–Crippen MR) is 70.0 cm³/mol. The van der Waals surface area contributed by atoms with Crippen LogP contribution in [0, 0.1) is 13.8 Å². The van der Waals surface area contributed by atoms with E-state index in [4.69, 9.17) is 0 Å². The Morgan fingerprint density at radius 1 is 1.24 bits per heavy atom. The Hall–Kier alpha value is -0.870. The smallest absolute Gasteiger partial charge is 0.0641 e. The number of aryl methyl sites for hydroxylation is 2. The maximum atomic E-state index is 4.49. The number of aromatic nitrogens is 2. The van der Waals surface area contributed by atoms with E-state index in [2.05, 4.69) is 43.0 Å². The van der Waals surface area contributed by atoms with Crippen molar-refractivity contribution in [2.45, 2.75) is 46.3 Å². The Morgan fingerprint density at radius 3 is 2.29 bits per heavy atom. The van der Waals surface area contributed by atoms with Gasteiger partial charge in [-0.25, -0.2) is 0 Å². The van der Waals surface area contributed by atoms with Crippen LogP contribution in [0.2, 0.25) is 0 Å². The molecule has 0 bridgehead atoms. The molecule has 1 aromatic rings. The first kappa shape index (κ1) is 12.6. The molecule has 2 unspecified atom stereocenters. The minimum Gasteiger partial charge on any atom is -0.309 e. The Kier molecular flexibility index (Phi) is 3.54. The third kappa shape index (κ3) is 2.69. The van der Waals surface area contributed by atoms with Crippen molar-refractivity contribution in [3.05, 3.63) is 17.0 Å². The first-order valence-corrected chi connectivity index (χ1v) is 6.45. The number of piperazine rings is 1. The van der Waals surface area contributed by atoms with Crippen LogP contribution in [0.1, 0.15) is 30.8 Å². The third-order valence-corrected chi connectivity index (χ3v) is 3.67. The Balaban J connectivity index is 2.10. The zero-order chi connectivity index (χ0) is 12.6. The van der Waals surface area contributed by atoms with Gasteiger partial charge in [0.15, 0.2) is 0 Å². The van der Waals surface area contributed by atoms with Gasteiger partial charge in [-0.1, -0.05) is 0 Å². The van der Waals surface area contributed by atoms with Gasteiger partial charge in [0, 0.05) is 50.0 Å². The van der Waals surface area contributed by atoms with Crippen LogP contribution in [-0.2, 0) is 13.6 Å². The average molecular weight is 236 g/mol. The Morgan fingerprint density at radius 2 is 1.82 bits per heavy atom. The topological polar surface area (TPSA) is 33.1 Å². The minimum atomic E-state index is 0.580. The largest absolute Gasteiger partial charge is 0.309 e. The van der Waals surface area contributed by atoms with E-state index < -0.39 is 0 Å². The van der Waals surface area contributed by atoms with Crippen molar-refractivity contribution in [3.63, 3.8) is 0 Å². The van der Waals surface area contributed by atoms with Gasteiger partial charge in [-0.2, -0.15) is 5.10 Å². The maximum absolute atomic E-state index is 4.49. The molecule has 1 aliphatic heterocycles. The van der Waals surface area contributed by atoms with E-state index in [1.54, 1.807) is 0 Å². The number of nitrogens with one attached hydrogen (secondary N) is 1. The van der Waals surface area contributed by atoms with Crippen molar-refractivity contribution in [2.75, 3.05) is 13.1 Å². The molecule has 4 heteroatoms. The highest BCUT2D eigenvalue weighted by molar-refractivity contribution is 5.24. The third-order valence-electron chi connectivity index (χ3n) is 3.67. The normalized spacial score (nSPS) is 26.4. The van der Waals surface area contributed by atoms with Crippen LogP contribution < -0.4 is 5.32 Å². The first-order chi connectivity index (χ1) is 7.97. The summed E-state index contributed by atoms with van der Waals surface area (Å²) in [5.74, 6) is 0. The minimum absolute atomic E-state index is 0.580. The van der Waals surface area contributed by atoms with Gasteiger partial charge in [0.25, 0.3) is 0 Å². The lowest BCUT2D eigenvalue weighted by Gasteiger charge is -2.36. The molecule has 0 amide bonds. The van der Waals surface area contributed by atoms with E-state index >= 15 is 0 Å². The molecular weight excluding hydrogens is 212 g/mol. The molecule has 1 fully saturated rings. The van der Waals surface area contributed by atoms with Crippen LogP contribution in [0.25, 0.3) is 0 Å². The zero-order valence-electron chi connectivity index (χ0n) is 11.6. The second kappa shape index (κ2) is 4.78. The summed E-state index contributed by atoms with van der Waals surface area (Å²) in [5, 5.41) is 8.06. The summed E-state index contributed by atoms with van der Waals surface area (Å²) < 4.78 is 1.99. The molecule has 4 nitrogen and oxygen atoms in total. The zero-order valence-corrected chi connectivity index (χ0v) is 11.6. The number of hydrogen-bond acceptors (Lipinski definition) is 3. The van der Waals surface area contributed by atoms with Crippen molar-refractivity contribution in [1.82, 2.24) is 20.0 Å². The van der Waals surface area contributed by atoms with Gasteiger partial charge in [0.1, 0.15) is 0 Å². The molecule has 1 N–H and O–H groups in total. The standard InChI is InChI=1S/C13H24N4/c1-9-6-17(7-10(2)14-9)8-13-11(3)15-16(5)12(13)4/h9-10,14H,6-8H2,1-5H3. The Labute approximate surface area is 104 Å². The van der Waals surface area contributed by atoms with E-state index in [9.17, 15) is 0 Å². The number of hydrogen-bond donors (Lipinski definition) is 1. The van der Waals surface area contributed by atoms with Gasteiger partial charge in [-0.15, -0.1) is 0 Å². The van der Waals surface area contributed by atoms with Crippen LogP contribution in [0.4, 0.5) is 0 Å². The highest BCUT2D eigenvalue weighted by Gasteiger charge is 2.22. The van der Waals surface area contributed by atoms with Crippen LogP contribution in [0.15, 0.2) is 0 Å². The lowest BCUT2D eigenvalue weighted by molar-refractivity contribution is 0.166. The molecule has 0 aromatic carbocycles. The fraction of sp³-hybridized carbons (Fsp3) is 0.769. The summed E-state index contributed by atoms with van der Waals surface area (Å²) >= 11 is 0. The lowest BCUT2D eigenvalue weighted by atomic mass is 10.1. The fourth-order valence-corrected chi connectivity index (χ4v) is 2.84. The van der Waals surface area contributed by atoms with Crippen molar-refractivity contribution < 1.29 is 0 Å². The van der Waals surface area contributed by atoms with Crippen molar-refractivity contribution >= 4 is 0 Å². The van der Waals surface area contributed by atoms with Gasteiger partial charge in [-0.05, 0) is 27.7 Å². The number of nitrogens with zero attached hydrogens (tertiary/aromatic N) is 3. The molecular formula is C13H24N4. The summed E-state index contributed by atoms with van der Waals surface area (Å²) in [6.07, 6.45) is 0. The average Bonchev–Trinajstić information content (AvgIpc) is 2.44. The van der Waals surface area contributed by atoms with Gasteiger partial charge >= 0.3 is 0 Å². The molecule has 2 atom stereocenters. The van der Waals surface area contributed by atoms with Gasteiger partial charge in [0.2, 0.25) is 0 Å². The molecule has 96 valence electrons. The van der Waals surface area contributed by atoms with Crippen LogP contribution in [-0.4, -0.2) is 39.9 Å². The summed E-state index contributed by atoms with van der Waals surface area (Å²) in [5.41, 5.74) is 3.86. The fourth-order valence-electron chi connectivity index (χ4n) is 2.84. The molecule has 0 saturated carbocycles. The summed E-state index contributed by atoms with van der Waals surface area (Å²) in [6, 6.07) is 1.16. The number of rotatable bonds is 2. The van der Waals surface area contributed by atoms with Gasteiger partial charge in [0.05, 0.1) is 5.69 Å². The van der Waals surface area contributed by atoms with E-state index in [1.165, 1.54) is 17.0 Å². The molecule has 1 saturated heterocycles. The van der Waals surface area contributed by atoms with Crippen LogP contribution in [0.3, 0.4) is 0 Å². The van der Waals surface area contributed by atoms with Gasteiger partial charge < -0.3 is 5.32 Å². The van der Waals surface area contributed by atoms with Crippen molar-refractivity contribution in [3.8, 4) is 0 Å². The van der Waals surface area contributed by atoms with E-state index in [0.717, 1.165) is 19.6 Å². The molecule has 2 rings (SSSR count). The molecule has 0 spiro atoms. The summed E-state index contributed by atoms with van der Waals surface area (Å²) in [6.45, 7) is 12.1. The van der Waals surface area contributed by atoms with Crippen molar-refractivity contribution in [1.29, 1.82) is 0 Å². The lowest BCUT2D eigenvalue weighted by Crippen LogP contribution is -2.53. The van der Waals surface area contributed by atoms with Crippen LogP contribution >= 0.6 is 0 Å². The molecule has 1 aliphatic rings. The molecule has 1 aromatic heterocycles. The maximum Gasteiger partial charge on any atom is 0.0641 e. The SMILES string of the molecule is Cc1nn(C)c(C)c1CN1CC(C)NC(C)C1. The highest BCUT2D eigenvalue weighted by Crippen LogP contribution is 2.16. The highest BCUT2D eigenvalue weighted by atomic mass is 15.3. The monoisotopic (exact) mass is 236 g/mol. The van der Waals surface area contributed by atoms with Gasteiger partial charge in [-0.3, -0.25) is 9.58 Å². The van der Waals surface area contributed by atoms with E-state index in [1.807, 2.05) is 11.7 Å². The second-order valence-corrected chi connectivity index (χ2v) is 5.44. The molecule has 2 heterocycles. The Bertz CT molecular complexity index is 386. The van der Waals surface area contributed by atoms with Crippen molar-refractivity contribution in [2.24, 2.45) is 7.05 Å².